The Morgan fingerprint density at radius 3 is 1.89 bits per heavy atom. The first-order valence-electron chi connectivity index (χ1n) is 9.25. The predicted octanol–water partition coefficient (Wildman–Crippen LogP) is 2.81. The Bertz CT molecular complexity index is 812. The van der Waals surface area contributed by atoms with Gasteiger partial charge in [0, 0.05) is 16.9 Å². The van der Waals surface area contributed by atoms with Gasteiger partial charge < -0.3 is 9.47 Å². The van der Waals surface area contributed by atoms with Crippen LogP contribution in [-0.2, 0) is 0 Å². The van der Waals surface area contributed by atoms with Gasteiger partial charge in [-0.25, -0.2) is 0 Å². The van der Waals surface area contributed by atoms with Crippen LogP contribution in [0.5, 0.6) is 11.5 Å². The summed E-state index contributed by atoms with van der Waals surface area (Å²) in [6, 6.07) is 11.7. The van der Waals surface area contributed by atoms with Crippen LogP contribution in [0.2, 0.25) is 0 Å². The van der Waals surface area contributed by atoms with E-state index in [2.05, 4.69) is 0 Å². The Morgan fingerprint density at radius 2 is 1.39 bits per heavy atom. The van der Waals surface area contributed by atoms with Crippen molar-refractivity contribution in [2.45, 2.75) is 66.6 Å². The number of hydrogen-bond donors (Lipinski definition) is 0. The first-order chi connectivity index (χ1) is 12.4. The normalized spacial score (nSPS) is 12.0. The van der Waals surface area contributed by atoms with Crippen molar-refractivity contribution in [1.29, 1.82) is 0 Å². The molecular formula is C23H31LiO3P+. The van der Waals surface area contributed by atoms with Crippen LogP contribution in [0.3, 0.4) is 0 Å². The maximum atomic E-state index is 13.0. The first kappa shape index (κ1) is 24.8. The smallest absolute Gasteiger partial charge is 0.488 e. The fourth-order valence-electron chi connectivity index (χ4n) is 2.79. The molecule has 0 amide bonds. The molecule has 3 nitrogen and oxygen atoms in total. The second-order valence-electron chi connectivity index (χ2n) is 8.81. The van der Waals surface area contributed by atoms with Crippen LogP contribution in [0.25, 0.3) is 0 Å². The number of ether oxygens (including phenoxy) is 2. The van der Waals surface area contributed by atoms with Gasteiger partial charge in [-0.15, -0.1) is 0 Å². The predicted molar refractivity (Wildman–Crippen MR) is 115 cm³/mol. The van der Waals surface area contributed by atoms with Crippen molar-refractivity contribution in [3.8, 4) is 11.5 Å². The third-order valence-electron chi connectivity index (χ3n) is 3.75. The second-order valence-corrected chi connectivity index (χ2v) is 10.1. The summed E-state index contributed by atoms with van der Waals surface area (Å²) in [5, 5.41) is 0.902. The van der Waals surface area contributed by atoms with Gasteiger partial charge in [-0.05, 0) is 87.2 Å². The molecule has 2 aromatic carbocycles. The third kappa shape index (κ3) is 7.29. The van der Waals surface area contributed by atoms with Crippen LogP contribution in [0, 0.1) is 13.8 Å². The molecule has 1 unspecified atom stereocenters. The number of hydrogen-bond acceptors (Lipinski definition) is 3. The number of carbonyl (C=O) groups excluding carboxylic acids is 1. The summed E-state index contributed by atoms with van der Waals surface area (Å²) >= 11 is 0. The molecular weight excluding hydrogens is 362 g/mol. The molecule has 0 heterocycles. The maximum Gasteiger partial charge on any atom is 1.00 e. The second kappa shape index (κ2) is 9.49. The van der Waals surface area contributed by atoms with Gasteiger partial charge in [0.15, 0.2) is 5.52 Å². The Kier molecular flexibility index (Phi) is 8.40. The Hall–Kier alpha value is -1.26. The van der Waals surface area contributed by atoms with E-state index in [0.717, 1.165) is 27.7 Å². The van der Waals surface area contributed by atoms with Gasteiger partial charge >= 0.3 is 18.9 Å². The summed E-state index contributed by atoms with van der Waals surface area (Å²) in [5.41, 5.74) is 2.32. The molecule has 0 saturated heterocycles. The van der Waals surface area contributed by atoms with Gasteiger partial charge in [-0.2, -0.15) is 0 Å². The fourth-order valence-corrected chi connectivity index (χ4v) is 3.97. The van der Waals surface area contributed by atoms with Crippen molar-refractivity contribution in [2.24, 2.45) is 0 Å². The molecule has 0 N–H and O–H groups in total. The molecule has 28 heavy (non-hydrogen) atoms. The molecule has 0 saturated carbocycles. The maximum absolute atomic E-state index is 13.0. The van der Waals surface area contributed by atoms with E-state index in [4.69, 9.17) is 9.47 Å². The van der Waals surface area contributed by atoms with Crippen molar-refractivity contribution in [3.05, 3.63) is 53.1 Å². The van der Waals surface area contributed by atoms with E-state index in [1.807, 2.05) is 91.8 Å². The molecule has 0 fully saturated rings. The van der Waals surface area contributed by atoms with Crippen molar-refractivity contribution in [1.82, 2.24) is 0 Å². The molecule has 2 rings (SSSR count). The number of aryl methyl sites for hydroxylation is 2. The van der Waals surface area contributed by atoms with Crippen molar-refractivity contribution in [3.63, 3.8) is 0 Å². The third-order valence-corrected chi connectivity index (χ3v) is 4.91. The van der Waals surface area contributed by atoms with Crippen molar-refractivity contribution < 1.29 is 33.1 Å². The summed E-state index contributed by atoms with van der Waals surface area (Å²) in [5.74, 6) is 1.46. The summed E-state index contributed by atoms with van der Waals surface area (Å²) in [6.07, 6.45) is 0. The molecule has 0 aliphatic carbocycles. The van der Waals surface area contributed by atoms with Gasteiger partial charge in [-0.1, -0.05) is 18.2 Å². The topological polar surface area (TPSA) is 35.5 Å². The molecule has 0 aliphatic rings. The van der Waals surface area contributed by atoms with Crippen molar-refractivity contribution in [2.75, 3.05) is 0 Å². The van der Waals surface area contributed by atoms with Crippen LogP contribution in [0.4, 0.5) is 0 Å². The minimum atomic E-state index is -0.360. The van der Waals surface area contributed by atoms with Gasteiger partial charge in [0.05, 0.1) is 0 Å². The SMILES string of the molecule is Cc1cccc(C)c1C(=O)Pc1ccc(OC(C)(C)C)cc1OC(C)(C)C.[Li+]. The molecule has 1 atom stereocenters. The molecule has 0 radical (unpaired) electrons. The van der Waals surface area contributed by atoms with Gasteiger partial charge in [0.25, 0.3) is 0 Å². The molecule has 0 spiro atoms. The molecule has 2 aromatic rings. The number of rotatable bonds is 5. The zero-order valence-electron chi connectivity index (χ0n) is 18.7. The molecule has 5 heteroatoms. The van der Waals surface area contributed by atoms with E-state index in [1.165, 1.54) is 0 Å². The quantitative estimate of drug-likeness (QED) is 0.579. The van der Waals surface area contributed by atoms with Gasteiger partial charge in [-0.3, -0.25) is 4.79 Å². The van der Waals surface area contributed by atoms with Crippen LogP contribution in [0.1, 0.15) is 63.0 Å². The van der Waals surface area contributed by atoms with Gasteiger partial charge in [0.2, 0.25) is 0 Å². The van der Waals surface area contributed by atoms with Crippen molar-refractivity contribution >= 4 is 19.4 Å². The van der Waals surface area contributed by atoms with Crippen LogP contribution >= 0.6 is 8.58 Å². The van der Waals surface area contributed by atoms with E-state index in [0.29, 0.717) is 5.75 Å². The molecule has 146 valence electrons. The van der Waals surface area contributed by atoms with E-state index >= 15 is 0 Å². The molecule has 0 aliphatic heterocycles. The Labute approximate surface area is 183 Å². The average Bonchev–Trinajstić information content (AvgIpc) is 2.46. The van der Waals surface area contributed by atoms with E-state index in [9.17, 15) is 4.79 Å². The largest absolute Gasteiger partial charge is 1.00 e. The first-order valence-corrected chi connectivity index (χ1v) is 10.3. The number of benzene rings is 2. The molecule has 0 bridgehead atoms. The zero-order valence-corrected chi connectivity index (χ0v) is 19.7. The standard InChI is InChI=1S/C23H31O3P.Li/c1-15-10-9-11-16(2)20(15)21(24)27-19-13-12-17(25-22(3,4)5)14-18(19)26-23(6,7)8;/h9-14,27H,1-8H3;/q;+1. The minimum absolute atomic E-state index is 0. The summed E-state index contributed by atoms with van der Waals surface area (Å²) in [6.45, 7) is 16.0. The minimum Gasteiger partial charge on any atom is -0.488 e. The monoisotopic (exact) mass is 393 g/mol. The Balaban J connectivity index is 0.00000392. The average molecular weight is 393 g/mol. The molecule has 0 aromatic heterocycles. The number of carbonyl (C=O) groups is 1. The van der Waals surface area contributed by atoms with Crippen LogP contribution in [-0.4, -0.2) is 16.7 Å². The van der Waals surface area contributed by atoms with Crippen LogP contribution in [0.15, 0.2) is 36.4 Å². The van der Waals surface area contributed by atoms with Crippen LogP contribution < -0.4 is 33.6 Å². The summed E-state index contributed by atoms with van der Waals surface area (Å²) < 4.78 is 12.1. The summed E-state index contributed by atoms with van der Waals surface area (Å²) in [7, 11) is -0.00183. The van der Waals surface area contributed by atoms with Gasteiger partial charge in [0.1, 0.15) is 22.7 Å². The van der Waals surface area contributed by atoms with E-state index in [1.54, 1.807) is 0 Å². The van der Waals surface area contributed by atoms with E-state index in [-0.39, 0.29) is 44.2 Å². The summed E-state index contributed by atoms with van der Waals surface area (Å²) in [4.78, 5) is 13.0. The Morgan fingerprint density at radius 1 is 0.857 bits per heavy atom. The zero-order chi connectivity index (χ0) is 20.4. The van der Waals surface area contributed by atoms with E-state index < -0.39 is 0 Å². The fraction of sp³-hybridized carbons (Fsp3) is 0.435.